The van der Waals surface area contributed by atoms with Crippen LogP contribution in [0.3, 0.4) is 0 Å². The van der Waals surface area contributed by atoms with E-state index in [-0.39, 0.29) is 5.91 Å². The lowest BCUT2D eigenvalue weighted by Crippen LogP contribution is -2.16. The van der Waals surface area contributed by atoms with E-state index in [1.165, 1.54) is 0 Å². The minimum absolute atomic E-state index is 0.129. The Morgan fingerprint density at radius 3 is 2.50 bits per heavy atom. The summed E-state index contributed by atoms with van der Waals surface area (Å²) in [7, 11) is -3.54. The van der Waals surface area contributed by atoms with Crippen LogP contribution in [-0.2, 0) is 14.8 Å². The predicted octanol–water partition coefficient (Wildman–Crippen LogP) is 2.28. The summed E-state index contributed by atoms with van der Waals surface area (Å²) in [5.41, 5.74) is 1.63. The molecule has 0 unspecified atom stereocenters. The Morgan fingerprint density at radius 2 is 1.94 bits per heavy atom. The molecule has 0 atom stereocenters. The predicted molar refractivity (Wildman–Crippen MR) is 73.4 cm³/mol. The third-order valence-electron chi connectivity index (χ3n) is 2.34. The van der Waals surface area contributed by atoms with Crippen molar-refractivity contribution in [3.63, 3.8) is 0 Å². The van der Waals surface area contributed by atoms with Gasteiger partial charge >= 0.3 is 0 Å². The number of nitrogens with one attached hydrogen (secondary N) is 2. The molecule has 0 aromatic heterocycles. The smallest absolute Gasteiger partial charge is 0.246 e. The molecule has 0 fully saturated rings. The number of benzene rings is 1. The van der Waals surface area contributed by atoms with Crippen molar-refractivity contribution in [2.75, 3.05) is 15.3 Å². The maximum Gasteiger partial charge on any atom is 0.246 e. The first-order chi connectivity index (χ1) is 8.39. The van der Waals surface area contributed by atoms with Crippen molar-refractivity contribution in [3.8, 4) is 0 Å². The van der Waals surface area contributed by atoms with Crippen molar-refractivity contribution in [1.29, 1.82) is 0 Å². The number of carbonyl (C=O) groups is 1. The number of halogens is 1. The number of hydrogen-bond donors (Lipinski definition) is 2. The summed E-state index contributed by atoms with van der Waals surface area (Å²) in [4.78, 5) is 11.3. The van der Waals surface area contributed by atoms with Gasteiger partial charge in [0.25, 0.3) is 0 Å². The van der Waals surface area contributed by atoms with Gasteiger partial charge in [-0.05, 0) is 24.6 Å². The van der Waals surface area contributed by atoms with E-state index in [4.69, 9.17) is 11.6 Å². The lowest BCUT2D eigenvalue weighted by atomic mass is 10.1. The van der Waals surface area contributed by atoms with Crippen LogP contribution in [0.25, 0.3) is 0 Å². The zero-order valence-electron chi connectivity index (χ0n) is 10.2. The highest BCUT2D eigenvalue weighted by molar-refractivity contribution is 7.93. The molecule has 0 aliphatic carbocycles. The van der Waals surface area contributed by atoms with E-state index in [9.17, 15) is 13.2 Å². The molecule has 0 aliphatic heterocycles. The van der Waals surface area contributed by atoms with Gasteiger partial charge in [0.1, 0.15) is 5.21 Å². The number of anilines is 2. The molecule has 0 radical (unpaired) electrons. The highest BCUT2D eigenvalue weighted by atomic mass is 35.5. The minimum atomic E-state index is -3.54. The summed E-state index contributed by atoms with van der Waals surface area (Å²) in [5.74, 6) is -0.129. The van der Waals surface area contributed by atoms with E-state index in [1.807, 2.05) is 0 Å². The summed E-state index contributed by atoms with van der Waals surface area (Å²) in [6.07, 6.45) is 0.358. The molecule has 0 heterocycles. The van der Waals surface area contributed by atoms with E-state index in [1.54, 1.807) is 32.0 Å². The molecule has 2 N–H and O–H groups in total. The van der Waals surface area contributed by atoms with Crippen molar-refractivity contribution < 1.29 is 13.2 Å². The third kappa shape index (κ3) is 3.89. The van der Waals surface area contributed by atoms with Gasteiger partial charge in [0.05, 0.1) is 5.69 Å². The van der Waals surface area contributed by atoms with Crippen molar-refractivity contribution in [3.05, 3.63) is 23.8 Å². The first-order valence-corrected chi connectivity index (χ1v) is 7.54. The van der Waals surface area contributed by atoms with Gasteiger partial charge in [-0.15, -0.1) is 11.6 Å². The molecule has 0 spiro atoms. The maximum atomic E-state index is 11.4. The molecule has 1 aromatic rings. The summed E-state index contributed by atoms with van der Waals surface area (Å²) in [6, 6.07) is 4.98. The van der Waals surface area contributed by atoms with Gasteiger partial charge in [-0.1, -0.05) is 13.0 Å². The number of amides is 1. The maximum absolute atomic E-state index is 11.4. The molecule has 0 saturated heterocycles. The van der Waals surface area contributed by atoms with Crippen LogP contribution in [0.1, 0.15) is 18.9 Å². The molecule has 1 aromatic carbocycles. The molecule has 1 rings (SSSR count). The molecular weight excluding hydrogens is 276 g/mol. The van der Waals surface area contributed by atoms with Crippen LogP contribution < -0.4 is 10.0 Å². The second kappa shape index (κ2) is 6.06. The number of alkyl halides is 1. The Kier molecular flexibility index (Phi) is 4.98. The second-order valence-electron chi connectivity index (χ2n) is 3.71. The number of sulfonamides is 1. The van der Waals surface area contributed by atoms with Crippen LogP contribution in [0.15, 0.2) is 18.2 Å². The minimum Gasteiger partial charge on any atom is -0.326 e. The lowest BCUT2D eigenvalue weighted by Gasteiger charge is -2.13. The molecule has 0 bridgehead atoms. The average molecular weight is 291 g/mol. The highest BCUT2D eigenvalue weighted by Gasteiger charge is 2.12. The fourth-order valence-corrected chi connectivity index (χ4v) is 2.09. The molecule has 1 amide bonds. The van der Waals surface area contributed by atoms with Gasteiger partial charge in [-0.3, -0.25) is 9.52 Å². The molecule has 18 heavy (non-hydrogen) atoms. The van der Waals surface area contributed by atoms with E-state index in [2.05, 4.69) is 10.0 Å². The average Bonchev–Trinajstić information content (AvgIpc) is 2.34. The highest BCUT2D eigenvalue weighted by Crippen LogP contribution is 2.24. The Morgan fingerprint density at radius 1 is 1.33 bits per heavy atom. The Bertz CT molecular complexity index is 543. The van der Waals surface area contributed by atoms with Crippen LogP contribution in [0.5, 0.6) is 0 Å². The molecule has 7 heteroatoms. The van der Waals surface area contributed by atoms with Crippen molar-refractivity contribution >= 4 is 38.9 Å². The van der Waals surface area contributed by atoms with Gasteiger partial charge in [0.15, 0.2) is 0 Å². The number of carbonyl (C=O) groups excluding carboxylic acids is 1. The lowest BCUT2D eigenvalue weighted by molar-refractivity contribution is -0.115. The Balaban J connectivity index is 3.02. The van der Waals surface area contributed by atoms with Crippen molar-refractivity contribution in [1.82, 2.24) is 0 Å². The summed E-state index contributed by atoms with van der Waals surface area (Å²) in [6.45, 7) is 3.46. The topological polar surface area (TPSA) is 75.3 Å². The molecule has 0 aliphatic rings. The third-order valence-corrected chi connectivity index (χ3v) is 4.02. The zero-order valence-corrected chi connectivity index (χ0v) is 11.7. The number of hydrogen-bond acceptors (Lipinski definition) is 3. The van der Waals surface area contributed by atoms with Crippen LogP contribution in [0.2, 0.25) is 0 Å². The molecule has 100 valence electrons. The monoisotopic (exact) mass is 290 g/mol. The van der Waals surface area contributed by atoms with Crippen molar-refractivity contribution in [2.45, 2.75) is 20.3 Å². The van der Waals surface area contributed by atoms with E-state index >= 15 is 0 Å². The van der Waals surface area contributed by atoms with E-state index in [0.717, 1.165) is 0 Å². The first kappa shape index (κ1) is 14.8. The normalized spacial score (nSPS) is 11.1. The second-order valence-corrected chi connectivity index (χ2v) is 6.01. The quantitative estimate of drug-likeness (QED) is 0.817. The van der Waals surface area contributed by atoms with E-state index < -0.39 is 15.2 Å². The molecule has 0 saturated carbocycles. The van der Waals surface area contributed by atoms with Gasteiger partial charge in [0, 0.05) is 12.1 Å². The Labute approximate surface area is 112 Å². The van der Waals surface area contributed by atoms with Crippen LogP contribution >= 0.6 is 11.6 Å². The van der Waals surface area contributed by atoms with Crippen LogP contribution in [0.4, 0.5) is 11.4 Å². The van der Waals surface area contributed by atoms with Gasteiger partial charge in [0.2, 0.25) is 15.9 Å². The van der Waals surface area contributed by atoms with Crippen molar-refractivity contribution in [2.24, 2.45) is 0 Å². The zero-order chi connectivity index (χ0) is 13.8. The molecule has 5 nitrogen and oxygen atoms in total. The first-order valence-electron chi connectivity index (χ1n) is 5.35. The van der Waals surface area contributed by atoms with Crippen LogP contribution in [0, 0.1) is 6.92 Å². The van der Waals surface area contributed by atoms with Gasteiger partial charge in [-0.2, -0.15) is 0 Å². The van der Waals surface area contributed by atoms with E-state index in [0.29, 0.717) is 23.4 Å². The fourth-order valence-electron chi connectivity index (χ4n) is 1.32. The van der Waals surface area contributed by atoms with Gasteiger partial charge < -0.3 is 5.32 Å². The molecular formula is C11H15ClN2O3S. The van der Waals surface area contributed by atoms with Gasteiger partial charge in [-0.25, -0.2) is 8.42 Å². The van der Waals surface area contributed by atoms with Crippen LogP contribution in [-0.4, -0.2) is 19.5 Å². The fraction of sp³-hybridized carbons (Fsp3) is 0.364. The summed E-state index contributed by atoms with van der Waals surface area (Å²) >= 11 is 5.32. The summed E-state index contributed by atoms with van der Waals surface area (Å²) in [5, 5.41) is 2.18. The Hall–Kier alpha value is -1.27. The summed E-state index contributed by atoms with van der Waals surface area (Å²) < 4.78 is 25.1. The number of rotatable bonds is 5. The standard InChI is InChI=1S/C11H15ClN2O3S/c1-3-11(15)13-9-5-4-6-10(8(9)2)14-18(16,17)7-12/h4-6,14H,3,7H2,1-2H3,(H,13,15). The SMILES string of the molecule is CCC(=O)Nc1cccc(NS(=O)(=O)CCl)c1C. The largest absolute Gasteiger partial charge is 0.326 e.